The van der Waals surface area contributed by atoms with Crippen LogP contribution in [0.4, 0.5) is 0 Å². The Morgan fingerprint density at radius 1 is 0.559 bits per heavy atom. The maximum absolute atomic E-state index is 12.7. The number of ether oxygens (including phenoxy) is 2. The molecule has 0 saturated carbocycles. The Morgan fingerprint density at radius 3 is 1.56 bits per heavy atom. The molecule has 0 amide bonds. The van der Waals surface area contributed by atoms with E-state index >= 15 is 0 Å². The lowest BCUT2D eigenvalue weighted by Crippen LogP contribution is -2.37. The van der Waals surface area contributed by atoms with Crippen molar-refractivity contribution >= 4 is 25.5 Å². The summed E-state index contributed by atoms with van der Waals surface area (Å²) >= 11 is 0. The Labute approximate surface area is 361 Å². The fourth-order valence-corrected chi connectivity index (χ4v) is 7.07. The highest BCUT2D eigenvalue weighted by atomic mass is 31.2. The van der Waals surface area contributed by atoms with Crippen LogP contribution < -0.4 is 4.89 Å². The van der Waals surface area contributed by atoms with Gasteiger partial charge in [-0.15, -0.1) is 0 Å². The number of phosphoric ester groups is 1. The van der Waals surface area contributed by atoms with Crippen LogP contribution in [-0.4, -0.2) is 75.8 Å². The number of nitrogens with zero attached hydrogens (tertiary/aromatic N) is 1. The molecule has 344 valence electrons. The van der Waals surface area contributed by atoms with Gasteiger partial charge in [-0.1, -0.05) is 153 Å². The van der Waals surface area contributed by atoms with E-state index in [4.69, 9.17) is 18.5 Å². The number of carbonyl (C=O) groups excluding carboxylic acids is 3. The van der Waals surface area contributed by atoms with Crippen molar-refractivity contribution in [3.8, 4) is 0 Å². The number of esters is 2. The molecule has 0 aliphatic rings. The lowest BCUT2D eigenvalue weighted by Gasteiger charge is -2.28. The monoisotopic (exact) mass is 854 g/mol. The number of carbonyl (C=O) groups is 3. The van der Waals surface area contributed by atoms with Gasteiger partial charge in [0.25, 0.3) is 7.82 Å². The molecule has 0 spiro atoms. The number of hydrogen-bond acceptors (Lipinski definition) is 9. The van der Waals surface area contributed by atoms with Gasteiger partial charge in [-0.25, -0.2) is 0 Å². The Kier molecular flexibility index (Phi) is 38.6. The molecule has 0 aliphatic heterocycles. The highest BCUT2D eigenvalue weighted by Crippen LogP contribution is 2.38. The van der Waals surface area contributed by atoms with Crippen LogP contribution in [-0.2, 0) is 37.5 Å². The number of unbranched alkanes of at least 4 members (excludes halogenated alkanes) is 22. The highest BCUT2D eigenvalue weighted by Gasteiger charge is 2.21. The topological polar surface area (TPSA) is 128 Å². The van der Waals surface area contributed by atoms with Crippen molar-refractivity contribution < 1.29 is 46.8 Å². The second-order valence-electron chi connectivity index (χ2n) is 17.2. The van der Waals surface area contributed by atoms with Crippen molar-refractivity contribution in [2.45, 2.75) is 206 Å². The van der Waals surface area contributed by atoms with Gasteiger partial charge in [0.15, 0.2) is 11.9 Å². The molecular weight excluding hydrogens is 766 g/mol. The molecule has 0 aromatic rings. The second kappa shape index (κ2) is 40.0. The predicted molar refractivity (Wildman–Crippen MR) is 241 cm³/mol. The molecule has 59 heavy (non-hydrogen) atoms. The van der Waals surface area contributed by atoms with E-state index in [1.807, 2.05) is 33.3 Å². The van der Waals surface area contributed by atoms with E-state index in [2.05, 4.69) is 32.1 Å². The molecule has 0 aliphatic carbocycles. The van der Waals surface area contributed by atoms with E-state index in [-0.39, 0.29) is 31.8 Å². The molecule has 0 heterocycles. The number of quaternary nitrogens is 1. The molecule has 0 rings (SSSR count). The van der Waals surface area contributed by atoms with Crippen LogP contribution in [0.3, 0.4) is 0 Å². The van der Waals surface area contributed by atoms with E-state index in [0.717, 1.165) is 70.6 Å². The SMILES string of the molecule is CCCCCCCC/C=C\CCCCCCCCCCCC(=O)O[C@H](COC(=O)CCCCCCC/C=C\C=C\C(=O)CCCCC)COP(=O)([O-])OCC[N+](C)(C)C. The zero-order chi connectivity index (χ0) is 43.7. The molecule has 1 unspecified atom stereocenters. The number of allylic oxidation sites excluding steroid dienone is 6. The van der Waals surface area contributed by atoms with Crippen molar-refractivity contribution in [2.24, 2.45) is 0 Å². The Bertz CT molecular complexity index is 1160. The molecule has 0 saturated heterocycles. The molecule has 11 heteroatoms. The molecule has 10 nitrogen and oxygen atoms in total. The molecule has 2 atom stereocenters. The normalized spacial score (nSPS) is 13.7. The summed E-state index contributed by atoms with van der Waals surface area (Å²) in [6.45, 7) is 4.02. The average molecular weight is 854 g/mol. The third-order valence-corrected chi connectivity index (χ3v) is 11.1. The maximum atomic E-state index is 12.7. The minimum atomic E-state index is -4.65. The summed E-state index contributed by atoms with van der Waals surface area (Å²) in [6, 6.07) is 0. The molecule has 0 bridgehead atoms. The van der Waals surface area contributed by atoms with E-state index in [9.17, 15) is 23.8 Å². The third kappa shape index (κ3) is 43.8. The minimum absolute atomic E-state index is 0.0455. The van der Waals surface area contributed by atoms with Crippen LogP contribution in [0.5, 0.6) is 0 Å². The summed E-state index contributed by atoms with van der Waals surface area (Å²) in [5, 5.41) is 0. The van der Waals surface area contributed by atoms with Crippen molar-refractivity contribution in [1.82, 2.24) is 0 Å². The van der Waals surface area contributed by atoms with Gasteiger partial charge in [0.1, 0.15) is 19.8 Å². The predicted octanol–water partition coefficient (Wildman–Crippen LogP) is 12.2. The van der Waals surface area contributed by atoms with Crippen LogP contribution in [0.25, 0.3) is 0 Å². The lowest BCUT2D eigenvalue weighted by atomic mass is 10.1. The van der Waals surface area contributed by atoms with Gasteiger partial charge in [0.05, 0.1) is 27.7 Å². The number of phosphoric acid groups is 1. The summed E-state index contributed by atoms with van der Waals surface area (Å²) in [4.78, 5) is 49.4. The maximum Gasteiger partial charge on any atom is 0.306 e. The van der Waals surface area contributed by atoms with Crippen LogP contribution in [0.2, 0.25) is 0 Å². The largest absolute Gasteiger partial charge is 0.756 e. The van der Waals surface area contributed by atoms with Gasteiger partial charge in [0.2, 0.25) is 0 Å². The molecule has 0 aromatic carbocycles. The van der Waals surface area contributed by atoms with Gasteiger partial charge in [-0.2, -0.15) is 0 Å². The van der Waals surface area contributed by atoms with Crippen molar-refractivity contribution in [3.05, 3.63) is 36.5 Å². The minimum Gasteiger partial charge on any atom is -0.756 e. The third-order valence-electron chi connectivity index (χ3n) is 10.1. The van der Waals surface area contributed by atoms with E-state index in [0.29, 0.717) is 30.3 Å². The quantitative estimate of drug-likeness (QED) is 0.0112. The van der Waals surface area contributed by atoms with Gasteiger partial charge in [-0.05, 0) is 63.9 Å². The van der Waals surface area contributed by atoms with E-state index in [1.165, 1.54) is 83.5 Å². The lowest BCUT2D eigenvalue weighted by molar-refractivity contribution is -0.870. The molecule has 0 aromatic heterocycles. The second-order valence-corrected chi connectivity index (χ2v) is 18.6. The number of rotatable bonds is 43. The number of ketones is 1. The van der Waals surface area contributed by atoms with Crippen LogP contribution in [0, 0.1) is 0 Å². The molecule has 0 N–H and O–H groups in total. The zero-order valence-corrected chi connectivity index (χ0v) is 39.3. The summed E-state index contributed by atoms with van der Waals surface area (Å²) < 4.78 is 33.9. The number of likely N-dealkylation sites (N-methyl/N-ethyl adjacent to an activating group) is 1. The van der Waals surface area contributed by atoms with Gasteiger partial charge < -0.3 is 27.9 Å². The standard InChI is InChI=1S/C48H88NO9P/c1-6-8-10-11-12-13-14-15-16-17-18-19-20-21-22-25-29-32-36-40-48(52)58-46(44-57-59(53,54)56-42-41-49(3,4)5)43-55-47(51)39-35-31-28-26-23-24-27-30-34-38-45(50)37-33-9-7-2/h15-16,27,30,34,38,46H,6-14,17-26,28-29,31-33,35-37,39-44H2,1-5H3/b16-15-,30-27-,38-34+/t46-/m1/s1. The molecule has 0 fully saturated rings. The van der Waals surface area contributed by atoms with E-state index < -0.39 is 32.5 Å². The highest BCUT2D eigenvalue weighted by molar-refractivity contribution is 7.45. The fraction of sp³-hybridized carbons (Fsp3) is 0.812. The van der Waals surface area contributed by atoms with E-state index in [1.54, 1.807) is 6.08 Å². The van der Waals surface area contributed by atoms with Gasteiger partial charge >= 0.3 is 11.9 Å². The fourth-order valence-electron chi connectivity index (χ4n) is 6.34. The van der Waals surface area contributed by atoms with Crippen LogP contribution in [0.15, 0.2) is 36.5 Å². The van der Waals surface area contributed by atoms with Crippen molar-refractivity contribution in [2.75, 3.05) is 47.5 Å². The van der Waals surface area contributed by atoms with Crippen LogP contribution in [0.1, 0.15) is 200 Å². The summed E-state index contributed by atoms with van der Waals surface area (Å²) in [5.74, 6) is -0.717. The Morgan fingerprint density at radius 2 is 1.02 bits per heavy atom. The zero-order valence-electron chi connectivity index (χ0n) is 38.4. The van der Waals surface area contributed by atoms with Gasteiger partial charge in [-0.3, -0.25) is 18.9 Å². The van der Waals surface area contributed by atoms with Crippen molar-refractivity contribution in [3.63, 3.8) is 0 Å². The Balaban J connectivity index is 4.36. The average Bonchev–Trinajstić information content (AvgIpc) is 3.18. The van der Waals surface area contributed by atoms with Crippen LogP contribution >= 0.6 is 7.82 Å². The molecule has 0 radical (unpaired) electrons. The van der Waals surface area contributed by atoms with Gasteiger partial charge in [0, 0.05) is 19.3 Å². The number of hydrogen-bond donors (Lipinski definition) is 0. The summed E-state index contributed by atoms with van der Waals surface area (Å²) in [7, 11) is 1.12. The first kappa shape index (κ1) is 56.9. The summed E-state index contributed by atoms with van der Waals surface area (Å²) in [5.41, 5.74) is 0. The smallest absolute Gasteiger partial charge is 0.306 e. The first-order valence-corrected chi connectivity index (χ1v) is 25.1. The van der Waals surface area contributed by atoms with Crippen molar-refractivity contribution in [1.29, 1.82) is 0 Å². The first-order chi connectivity index (χ1) is 28.4. The Hall–Kier alpha value is -2.10. The molecular formula is C48H88NO9P. The first-order valence-electron chi connectivity index (χ1n) is 23.6. The summed E-state index contributed by atoms with van der Waals surface area (Å²) in [6.07, 6.45) is 41.5.